The first-order chi connectivity index (χ1) is 7.82. The summed E-state index contributed by atoms with van der Waals surface area (Å²) in [6, 6.07) is 0. The SMILES string of the molecule is C1C[N+]2(C34CCN(CC3)CC4)CCC1CC2. The smallest absolute Gasteiger partial charge is 0.103 e. The van der Waals surface area contributed by atoms with Crippen molar-refractivity contribution in [1.82, 2.24) is 4.90 Å². The Morgan fingerprint density at radius 1 is 0.812 bits per heavy atom. The summed E-state index contributed by atoms with van der Waals surface area (Å²) in [4.78, 5) is 2.69. The molecule has 0 aromatic rings. The third-order valence-electron chi connectivity index (χ3n) is 6.58. The molecule has 0 unspecified atom stereocenters. The first-order valence-corrected chi connectivity index (χ1v) is 7.41. The minimum Gasteiger partial charge on any atom is -0.319 e. The van der Waals surface area contributed by atoms with Crippen LogP contribution in [0.3, 0.4) is 0 Å². The summed E-state index contributed by atoms with van der Waals surface area (Å²) in [5, 5.41) is 0. The minimum atomic E-state index is 0.736. The molecular weight excluding hydrogens is 196 g/mol. The van der Waals surface area contributed by atoms with E-state index >= 15 is 0 Å². The van der Waals surface area contributed by atoms with Crippen molar-refractivity contribution in [2.45, 2.75) is 44.1 Å². The van der Waals surface area contributed by atoms with Crippen molar-refractivity contribution in [1.29, 1.82) is 0 Å². The van der Waals surface area contributed by atoms with E-state index in [9.17, 15) is 0 Å². The number of hydrogen-bond donors (Lipinski definition) is 0. The van der Waals surface area contributed by atoms with Gasteiger partial charge in [-0.15, -0.1) is 0 Å². The normalized spacial score (nSPS) is 55.5. The third-order valence-corrected chi connectivity index (χ3v) is 6.58. The van der Waals surface area contributed by atoms with Crippen LogP contribution in [-0.2, 0) is 0 Å². The van der Waals surface area contributed by atoms with Crippen molar-refractivity contribution >= 4 is 0 Å². The highest BCUT2D eigenvalue weighted by Gasteiger charge is 2.57. The highest BCUT2D eigenvalue weighted by molar-refractivity contribution is 4.96. The molecule has 0 aliphatic carbocycles. The fraction of sp³-hybridized carbons (Fsp3) is 1.00. The highest BCUT2D eigenvalue weighted by Crippen LogP contribution is 2.48. The van der Waals surface area contributed by atoms with Crippen molar-refractivity contribution in [3.05, 3.63) is 0 Å². The van der Waals surface area contributed by atoms with Crippen LogP contribution < -0.4 is 0 Å². The zero-order valence-corrected chi connectivity index (χ0v) is 10.5. The maximum Gasteiger partial charge on any atom is 0.103 e. The Morgan fingerprint density at radius 2 is 1.31 bits per heavy atom. The van der Waals surface area contributed by atoms with E-state index in [1.54, 1.807) is 23.7 Å². The van der Waals surface area contributed by atoms with Crippen molar-refractivity contribution in [2.24, 2.45) is 5.92 Å². The molecule has 0 radical (unpaired) electrons. The molecular formula is C14H25N2+. The summed E-state index contributed by atoms with van der Waals surface area (Å²) in [6.45, 7) is 8.82. The topological polar surface area (TPSA) is 3.24 Å². The zero-order valence-electron chi connectivity index (χ0n) is 10.5. The van der Waals surface area contributed by atoms with Crippen molar-refractivity contribution in [2.75, 3.05) is 39.3 Å². The lowest BCUT2D eigenvalue weighted by Crippen LogP contribution is -2.74. The molecule has 16 heavy (non-hydrogen) atoms. The van der Waals surface area contributed by atoms with Gasteiger partial charge in [0.2, 0.25) is 0 Å². The van der Waals surface area contributed by atoms with Gasteiger partial charge in [-0.3, -0.25) is 0 Å². The number of piperidine rings is 6. The first-order valence-electron chi connectivity index (χ1n) is 7.41. The van der Waals surface area contributed by atoms with E-state index in [2.05, 4.69) is 4.90 Å². The second-order valence-corrected chi connectivity index (χ2v) is 6.86. The minimum absolute atomic E-state index is 0.736. The Labute approximate surface area is 99.2 Å². The van der Waals surface area contributed by atoms with Gasteiger partial charge in [0, 0.05) is 38.9 Å². The number of quaternary nitrogens is 1. The molecule has 0 spiro atoms. The van der Waals surface area contributed by atoms with Gasteiger partial charge < -0.3 is 9.38 Å². The van der Waals surface area contributed by atoms with Crippen LogP contribution in [0, 0.1) is 5.92 Å². The Morgan fingerprint density at radius 3 is 1.81 bits per heavy atom. The van der Waals surface area contributed by atoms with Crippen LogP contribution in [0.2, 0.25) is 0 Å². The molecule has 6 fully saturated rings. The zero-order chi connectivity index (χ0) is 10.6. The summed E-state index contributed by atoms with van der Waals surface area (Å²) in [5.41, 5.74) is 0.736. The summed E-state index contributed by atoms with van der Waals surface area (Å²) in [5.74, 6) is 1.11. The van der Waals surface area contributed by atoms with Crippen LogP contribution in [0.5, 0.6) is 0 Å². The van der Waals surface area contributed by atoms with E-state index in [1.807, 2.05) is 0 Å². The van der Waals surface area contributed by atoms with E-state index in [-0.39, 0.29) is 0 Å². The maximum absolute atomic E-state index is 2.69. The standard InChI is InChI=1S/C14H25N2/c1-10-16(11-2-13(1)3-12-16)14-4-7-15(8-5-14)9-6-14/h13H,1-12H2/q+1. The van der Waals surface area contributed by atoms with Crippen molar-refractivity contribution in [3.63, 3.8) is 0 Å². The quantitative estimate of drug-likeness (QED) is 0.611. The molecule has 90 valence electrons. The van der Waals surface area contributed by atoms with E-state index in [0.717, 1.165) is 11.5 Å². The van der Waals surface area contributed by atoms with Crippen molar-refractivity contribution < 1.29 is 4.48 Å². The van der Waals surface area contributed by atoms with Gasteiger partial charge in [-0.25, -0.2) is 0 Å². The molecule has 0 aromatic carbocycles. The van der Waals surface area contributed by atoms with Crippen LogP contribution >= 0.6 is 0 Å². The first kappa shape index (κ1) is 9.90. The van der Waals surface area contributed by atoms with Crippen LogP contribution in [0.1, 0.15) is 38.5 Å². The highest BCUT2D eigenvalue weighted by atomic mass is 15.4. The van der Waals surface area contributed by atoms with Gasteiger partial charge in [0.05, 0.1) is 19.6 Å². The van der Waals surface area contributed by atoms with Crippen LogP contribution in [0.4, 0.5) is 0 Å². The van der Waals surface area contributed by atoms with E-state index in [4.69, 9.17) is 0 Å². The van der Waals surface area contributed by atoms with Gasteiger partial charge in [0.25, 0.3) is 0 Å². The van der Waals surface area contributed by atoms with Gasteiger partial charge in [-0.1, -0.05) is 0 Å². The van der Waals surface area contributed by atoms with Gasteiger partial charge in [-0.05, 0) is 25.2 Å². The molecule has 6 saturated heterocycles. The molecule has 0 N–H and O–H groups in total. The van der Waals surface area contributed by atoms with Gasteiger partial charge in [0.15, 0.2) is 0 Å². The molecule has 0 atom stereocenters. The number of hydrogen-bond acceptors (Lipinski definition) is 1. The molecule has 2 nitrogen and oxygen atoms in total. The summed E-state index contributed by atoms with van der Waals surface area (Å²) >= 11 is 0. The third kappa shape index (κ3) is 1.15. The van der Waals surface area contributed by atoms with Crippen LogP contribution in [0.15, 0.2) is 0 Å². The molecule has 2 heteroatoms. The Bertz CT molecular complexity index is 226. The summed E-state index contributed by atoms with van der Waals surface area (Å²) in [6.07, 6.45) is 9.18. The molecule has 6 rings (SSSR count). The fourth-order valence-electron chi connectivity index (χ4n) is 5.29. The van der Waals surface area contributed by atoms with Crippen LogP contribution in [0.25, 0.3) is 0 Å². The predicted molar refractivity (Wildman–Crippen MR) is 65.2 cm³/mol. The second kappa shape index (κ2) is 3.23. The molecule has 4 bridgehead atoms. The Balaban J connectivity index is 1.67. The number of rotatable bonds is 1. The average Bonchev–Trinajstić information content (AvgIpc) is 2.43. The lowest BCUT2D eigenvalue weighted by molar-refractivity contribution is -0.992. The largest absolute Gasteiger partial charge is 0.319 e. The molecule has 0 saturated carbocycles. The van der Waals surface area contributed by atoms with Gasteiger partial charge >= 0.3 is 0 Å². The molecule has 6 heterocycles. The maximum atomic E-state index is 2.69. The van der Waals surface area contributed by atoms with Crippen molar-refractivity contribution in [3.8, 4) is 0 Å². The Hall–Kier alpha value is -0.0800. The van der Waals surface area contributed by atoms with Gasteiger partial charge in [-0.2, -0.15) is 0 Å². The molecule has 0 amide bonds. The molecule has 6 aliphatic rings. The van der Waals surface area contributed by atoms with E-state index in [1.165, 1.54) is 58.5 Å². The number of nitrogens with zero attached hydrogens (tertiary/aromatic N) is 2. The lowest BCUT2D eigenvalue weighted by atomic mass is 9.71. The van der Waals surface area contributed by atoms with E-state index in [0.29, 0.717) is 0 Å². The fourth-order valence-corrected chi connectivity index (χ4v) is 5.29. The average molecular weight is 221 g/mol. The van der Waals surface area contributed by atoms with Crippen LogP contribution in [-0.4, -0.2) is 54.2 Å². The van der Waals surface area contributed by atoms with E-state index < -0.39 is 0 Å². The van der Waals surface area contributed by atoms with Gasteiger partial charge in [0.1, 0.15) is 5.54 Å². The monoisotopic (exact) mass is 221 g/mol. The second-order valence-electron chi connectivity index (χ2n) is 6.86. The lowest BCUT2D eigenvalue weighted by Gasteiger charge is -2.64. The predicted octanol–water partition coefficient (Wildman–Crippen LogP) is 1.86. The summed E-state index contributed by atoms with van der Waals surface area (Å²) < 4.78 is 1.55. The summed E-state index contributed by atoms with van der Waals surface area (Å²) in [7, 11) is 0. The molecule has 6 aliphatic heterocycles. The number of fused-ring (bicyclic) bond motifs is 6. The Kier molecular flexibility index (Phi) is 2.00. The molecule has 0 aromatic heterocycles.